The molecule has 20 heavy (non-hydrogen) atoms. The van der Waals surface area contributed by atoms with Gasteiger partial charge in [0.15, 0.2) is 0 Å². The van der Waals surface area contributed by atoms with E-state index in [1.54, 1.807) is 11.8 Å². The zero-order chi connectivity index (χ0) is 14.4. The first-order chi connectivity index (χ1) is 9.72. The monoisotopic (exact) mass is 276 g/mol. The number of hydrogen-bond donors (Lipinski definition) is 1. The van der Waals surface area contributed by atoms with Gasteiger partial charge in [0.2, 0.25) is 5.91 Å². The van der Waals surface area contributed by atoms with Crippen molar-refractivity contribution in [2.45, 2.75) is 19.4 Å². The summed E-state index contributed by atoms with van der Waals surface area (Å²) < 4.78 is 4.84. The summed E-state index contributed by atoms with van der Waals surface area (Å²) in [5.74, 6) is -0.623. The van der Waals surface area contributed by atoms with Gasteiger partial charge in [0.25, 0.3) is 0 Å². The zero-order valence-corrected chi connectivity index (χ0v) is 11.7. The highest BCUT2D eigenvalue weighted by molar-refractivity contribution is 5.94. The molecule has 1 amide bonds. The normalized spacial score (nSPS) is 18.6. The van der Waals surface area contributed by atoms with E-state index in [2.05, 4.69) is 5.32 Å². The summed E-state index contributed by atoms with van der Waals surface area (Å²) in [6, 6.07) is 9.84. The van der Waals surface area contributed by atoms with E-state index in [1.165, 1.54) is 0 Å². The lowest BCUT2D eigenvalue weighted by Gasteiger charge is -2.36. The van der Waals surface area contributed by atoms with E-state index in [4.69, 9.17) is 4.74 Å². The van der Waals surface area contributed by atoms with Crippen LogP contribution in [0.2, 0.25) is 0 Å². The molecule has 0 saturated carbocycles. The summed E-state index contributed by atoms with van der Waals surface area (Å²) in [5.41, 5.74) is 1.08. The second kappa shape index (κ2) is 7.05. The summed E-state index contributed by atoms with van der Waals surface area (Å²) in [5, 5.41) is 3.29. The molecule has 0 radical (unpaired) electrons. The minimum Gasteiger partial charge on any atom is -0.466 e. The first kappa shape index (κ1) is 14.5. The van der Waals surface area contributed by atoms with Crippen LogP contribution in [0.25, 0.3) is 0 Å². The smallest absolute Gasteiger partial charge is 0.315 e. The number of piperazine rings is 1. The van der Waals surface area contributed by atoms with Crippen molar-refractivity contribution in [3.8, 4) is 0 Å². The number of ether oxygens (including phenoxy) is 1. The molecule has 108 valence electrons. The molecule has 1 saturated heterocycles. The summed E-state index contributed by atoms with van der Waals surface area (Å²) in [4.78, 5) is 25.5. The summed E-state index contributed by atoms with van der Waals surface area (Å²) in [6.07, 6.45) is -0.183. The van der Waals surface area contributed by atoms with Crippen molar-refractivity contribution in [2.24, 2.45) is 0 Å². The number of esters is 1. The standard InChI is InChI=1S/C15H20N2O3/c1-2-20-15(19)10-14(18)17-9-8-16-11-13(17)12-6-4-3-5-7-12/h3-7,13,16H,2,8-11H2,1H3. The molecule has 0 spiro atoms. The van der Waals surface area contributed by atoms with Crippen LogP contribution in [0.15, 0.2) is 30.3 Å². The van der Waals surface area contributed by atoms with Crippen molar-refractivity contribution in [3.63, 3.8) is 0 Å². The highest BCUT2D eigenvalue weighted by Gasteiger charge is 2.28. The highest BCUT2D eigenvalue weighted by Crippen LogP contribution is 2.22. The summed E-state index contributed by atoms with van der Waals surface area (Å²) in [7, 11) is 0. The molecule has 1 aliphatic heterocycles. The average molecular weight is 276 g/mol. The van der Waals surface area contributed by atoms with E-state index in [9.17, 15) is 9.59 Å². The number of carbonyl (C=O) groups excluding carboxylic acids is 2. The fourth-order valence-corrected chi connectivity index (χ4v) is 2.41. The van der Waals surface area contributed by atoms with Gasteiger partial charge in [-0.25, -0.2) is 0 Å². The van der Waals surface area contributed by atoms with Crippen LogP contribution in [0.3, 0.4) is 0 Å². The Labute approximate surface area is 118 Å². The summed E-state index contributed by atoms with van der Waals surface area (Å²) >= 11 is 0. The third-order valence-corrected chi connectivity index (χ3v) is 3.35. The molecule has 1 heterocycles. The second-order valence-corrected chi connectivity index (χ2v) is 4.70. The molecule has 1 atom stereocenters. The first-order valence-corrected chi connectivity index (χ1v) is 6.93. The van der Waals surface area contributed by atoms with Crippen molar-refractivity contribution >= 4 is 11.9 Å². The quantitative estimate of drug-likeness (QED) is 0.661. The third-order valence-electron chi connectivity index (χ3n) is 3.35. The maximum atomic E-state index is 12.3. The number of hydrogen-bond acceptors (Lipinski definition) is 4. The van der Waals surface area contributed by atoms with Crippen molar-refractivity contribution < 1.29 is 14.3 Å². The minimum atomic E-state index is -0.456. The molecule has 1 fully saturated rings. The maximum Gasteiger partial charge on any atom is 0.315 e. The number of nitrogens with one attached hydrogen (secondary N) is 1. The van der Waals surface area contributed by atoms with E-state index in [0.717, 1.165) is 12.1 Å². The van der Waals surface area contributed by atoms with Gasteiger partial charge in [-0.15, -0.1) is 0 Å². The van der Waals surface area contributed by atoms with Gasteiger partial charge in [-0.2, -0.15) is 0 Å². The van der Waals surface area contributed by atoms with Crippen LogP contribution in [0, 0.1) is 0 Å². The van der Waals surface area contributed by atoms with Crippen LogP contribution >= 0.6 is 0 Å². The van der Waals surface area contributed by atoms with E-state index < -0.39 is 5.97 Å². The van der Waals surface area contributed by atoms with E-state index in [1.807, 2.05) is 30.3 Å². The number of benzene rings is 1. The number of amides is 1. The van der Waals surface area contributed by atoms with E-state index in [0.29, 0.717) is 19.7 Å². The largest absolute Gasteiger partial charge is 0.466 e. The molecule has 1 aromatic rings. The molecule has 2 rings (SSSR count). The number of carbonyl (C=O) groups is 2. The van der Waals surface area contributed by atoms with Gasteiger partial charge in [-0.3, -0.25) is 9.59 Å². The Morgan fingerprint density at radius 3 is 2.80 bits per heavy atom. The fraction of sp³-hybridized carbons (Fsp3) is 0.467. The molecular formula is C15H20N2O3. The number of rotatable bonds is 4. The lowest BCUT2D eigenvalue weighted by atomic mass is 10.0. The van der Waals surface area contributed by atoms with Gasteiger partial charge in [-0.05, 0) is 12.5 Å². The van der Waals surface area contributed by atoms with Gasteiger partial charge >= 0.3 is 5.97 Å². The average Bonchev–Trinajstić information content (AvgIpc) is 2.48. The second-order valence-electron chi connectivity index (χ2n) is 4.70. The SMILES string of the molecule is CCOC(=O)CC(=O)N1CCNCC1c1ccccc1. The fourth-order valence-electron chi connectivity index (χ4n) is 2.41. The third kappa shape index (κ3) is 3.57. The van der Waals surface area contributed by atoms with Gasteiger partial charge in [0.1, 0.15) is 6.42 Å². The molecule has 1 aromatic carbocycles. The van der Waals surface area contributed by atoms with Crippen molar-refractivity contribution in [3.05, 3.63) is 35.9 Å². The Balaban J connectivity index is 2.07. The molecule has 0 bridgehead atoms. The Hall–Kier alpha value is -1.88. The highest BCUT2D eigenvalue weighted by atomic mass is 16.5. The molecule has 1 unspecified atom stereocenters. The van der Waals surface area contributed by atoms with Gasteiger partial charge < -0.3 is 15.0 Å². The van der Waals surface area contributed by atoms with Crippen LogP contribution in [-0.4, -0.2) is 43.0 Å². The topological polar surface area (TPSA) is 58.6 Å². The Bertz CT molecular complexity index is 461. The van der Waals surface area contributed by atoms with Gasteiger partial charge in [0, 0.05) is 19.6 Å². The molecule has 1 aliphatic rings. The maximum absolute atomic E-state index is 12.3. The molecule has 0 aromatic heterocycles. The summed E-state index contributed by atoms with van der Waals surface area (Å²) in [6.45, 7) is 4.10. The predicted molar refractivity (Wildman–Crippen MR) is 75.0 cm³/mol. The van der Waals surface area contributed by atoms with Crippen LogP contribution in [0.1, 0.15) is 24.9 Å². The van der Waals surface area contributed by atoms with Crippen LogP contribution in [-0.2, 0) is 14.3 Å². The number of nitrogens with zero attached hydrogens (tertiary/aromatic N) is 1. The Morgan fingerprint density at radius 2 is 2.10 bits per heavy atom. The first-order valence-electron chi connectivity index (χ1n) is 6.93. The molecule has 5 heteroatoms. The molecular weight excluding hydrogens is 256 g/mol. The lowest BCUT2D eigenvalue weighted by molar-refractivity contribution is -0.149. The van der Waals surface area contributed by atoms with Crippen LogP contribution in [0.4, 0.5) is 0 Å². The Kier molecular flexibility index (Phi) is 5.12. The van der Waals surface area contributed by atoms with Crippen LogP contribution in [0.5, 0.6) is 0 Å². The molecule has 0 aliphatic carbocycles. The minimum absolute atomic E-state index is 0.0214. The van der Waals surface area contributed by atoms with Crippen molar-refractivity contribution in [1.82, 2.24) is 10.2 Å². The Morgan fingerprint density at radius 1 is 1.35 bits per heavy atom. The lowest BCUT2D eigenvalue weighted by Crippen LogP contribution is -2.49. The van der Waals surface area contributed by atoms with E-state index >= 15 is 0 Å². The predicted octanol–water partition coefficient (Wildman–Crippen LogP) is 1.11. The van der Waals surface area contributed by atoms with E-state index in [-0.39, 0.29) is 18.4 Å². The molecule has 5 nitrogen and oxygen atoms in total. The van der Waals surface area contributed by atoms with Gasteiger partial charge in [-0.1, -0.05) is 30.3 Å². The zero-order valence-electron chi connectivity index (χ0n) is 11.7. The van der Waals surface area contributed by atoms with Crippen LogP contribution < -0.4 is 5.32 Å². The van der Waals surface area contributed by atoms with Crippen molar-refractivity contribution in [1.29, 1.82) is 0 Å². The van der Waals surface area contributed by atoms with Gasteiger partial charge in [0.05, 0.1) is 12.6 Å². The van der Waals surface area contributed by atoms with Crippen molar-refractivity contribution in [2.75, 3.05) is 26.2 Å². The molecule has 1 N–H and O–H groups in total.